The van der Waals surface area contributed by atoms with E-state index >= 15 is 0 Å². The normalized spacial score (nSPS) is 13.9. The molecule has 0 saturated heterocycles. The molecule has 1 unspecified atom stereocenters. The first-order valence-electron chi connectivity index (χ1n) is 7.10. The summed E-state index contributed by atoms with van der Waals surface area (Å²) < 4.78 is 5.07. The molecule has 1 aromatic rings. The molecular weight excluding hydrogens is 262 g/mol. The van der Waals surface area contributed by atoms with E-state index in [1.165, 1.54) is 0 Å². The maximum atomic E-state index is 11.5. The van der Waals surface area contributed by atoms with Gasteiger partial charge < -0.3 is 4.74 Å². The van der Waals surface area contributed by atoms with E-state index in [0.29, 0.717) is 29.4 Å². The molecule has 112 valence electrons. The van der Waals surface area contributed by atoms with Crippen molar-refractivity contribution in [3.8, 4) is 0 Å². The fourth-order valence-electron chi connectivity index (χ4n) is 1.76. The van der Waals surface area contributed by atoms with Crippen LogP contribution >= 0.6 is 0 Å². The monoisotopic (exact) mass is 285 g/mol. The molecular formula is C18H23NO2. The van der Waals surface area contributed by atoms with Crippen molar-refractivity contribution < 1.29 is 9.53 Å². The molecule has 0 bridgehead atoms. The van der Waals surface area contributed by atoms with Crippen LogP contribution in [0.3, 0.4) is 0 Å². The third kappa shape index (κ3) is 5.12. The minimum atomic E-state index is 0.309. The van der Waals surface area contributed by atoms with Gasteiger partial charge in [0.25, 0.3) is 0 Å². The maximum absolute atomic E-state index is 11.5. The third-order valence-electron chi connectivity index (χ3n) is 3.22. The fraction of sp³-hybridized carbons (Fsp3) is 0.333. The first kappa shape index (κ1) is 17.1. The number of hydrogen-bond donors (Lipinski definition) is 0. The van der Waals surface area contributed by atoms with E-state index in [4.69, 9.17) is 4.74 Å². The van der Waals surface area contributed by atoms with Crippen molar-refractivity contribution in [2.75, 3.05) is 13.7 Å². The van der Waals surface area contributed by atoms with Gasteiger partial charge in [0.05, 0.1) is 12.3 Å². The highest BCUT2D eigenvalue weighted by atomic mass is 16.5. The molecule has 0 aliphatic rings. The standard InChI is InChI=1S/C18H23NO2/c1-5-14(2)11-19-18(16-9-7-6-8-10-16)17(12-20)15(3)13-21-4/h6-12,14H,3,5,13H2,1-2,4H3/b18-17-,19-11?. The molecule has 3 heteroatoms. The number of hydrogen-bond acceptors (Lipinski definition) is 3. The van der Waals surface area contributed by atoms with Gasteiger partial charge in [-0.15, -0.1) is 0 Å². The summed E-state index contributed by atoms with van der Waals surface area (Å²) in [6, 6.07) is 9.66. The molecule has 3 nitrogen and oxygen atoms in total. The van der Waals surface area contributed by atoms with Crippen LogP contribution in [0.5, 0.6) is 0 Å². The number of rotatable bonds is 8. The van der Waals surface area contributed by atoms with Gasteiger partial charge in [0.15, 0.2) is 6.29 Å². The number of methoxy groups -OCH3 is 1. The molecule has 0 amide bonds. The summed E-state index contributed by atoms with van der Waals surface area (Å²) in [4.78, 5) is 16.0. The summed E-state index contributed by atoms with van der Waals surface area (Å²) in [6.07, 6.45) is 3.69. The fourth-order valence-corrected chi connectivity index (χ4v) is 1.76. The van der Waals surface area contributed by atoms with E-state index in [1.54, 1.807) is 7.11 Å². The quantitative estimate of drug-likeness (QED) is 0.314. The summed E-state index contributed by atoms with van der Waals surface area (Å²) in [7, 11) is 1.58. The van der Waals surface area contributed by atoms with E-state index in [2.05, 4.69) is 25.4 Å². The lowest BCUT2D eigenvalue weighted by molar-refractivity contribution is -0.104. The maximum Gasteiger partial charge on any atom is 0.152 e. The molecule has 0 aliphatic carbocycles. The lowest BCUT2D eigenvalue weighted by Crippen LogP contribution is -2.02. The topological polar surface area (TPSA) is 38.7 Å². The lowest BCUT2D eigenvalue weighted by atomic mass is 10.0. The zero-order valence-corrected chi connectivity index (χ0v) is 13.0. The Kier molecular flexibility index (Phi) is 7.33. The first-order chi connectivity index (χ1) is 10.1. The average molecular weight is 285 g/mol. The number of carbonyl (C=O) groups excluding carboxylic acids is 1. The SMILES string of the molecule is C=C(COC)/C(C=O)=C(\N=CC(C)CC)c1ccccc1. The average Bonchev–Trinajstić information content (AvgIpc) is 2.52. The smallest absolute Gasteiger partial charge is 0.152 e. The molecule has 0 saturated carbocycles. The van der Waals surface area contributed by atoms with Crippen molar-refractivity contribution in [3.63, 3.8) is 0 Å². The van der Waals surface area contributed by atoms with Crippen LogP contribution in [0.15, 0.2) is 53.0 Å². The lowest BCUT2D eigenvalue weighted by Gasteiger charge is -2.10. The van der Waals surface area contributed by atoms with Gasteiger partial charge in [-0.1, -0.05) is 50.8 Å². The number of carbonyl (C=O) groups is 1. The van der Waals surface area contributed by atoms with Crippen molar-refractivity contribution in [2.24, 2.45) is 10.9 Å². The number of ether oxygens (including phenoxy) is 1. The van der Waals surface area contributed by atoms with Crippen LogP contribution in [0.2, 0.25) is 0 Å². The van der Waals surface area contributed by atoms with E-state index in [1.807, 2.05) is 36.5 Å². The molecule has 0 N–H and O–H groups in total. The van der Waals surface area contributed by atoms with Gasteiger partial charge in [-0.3, -0.25) is 9.79 Å². The zero-order chi connectivity index (χ0) is 15.7. The second-order valence-corrected chi connectivity index (χ2v) is 4.95. The number of benzene rings is 1. The van der Waals surface area contributed by atoms with Gasteiger partial charge in [-0.25, -0.2) is 0 Å². The molecule has 0 fully saturated rings. The van der Waals surface area contributed by atoms with Gasteiger partial charge >= 0.3 is 0 Å². The molecule has 0 radical (unpaired) electrons. The first-order valence-corrected chi connectivity index (χ1v) is 7.10. The van der Waals surface area contributed by atoms with Crippen molar-refractivity contribution in [2.45, 2.75) is 20.3 Å². The van der Waals surface area contributed by atoms with Crippen molar-refractivity contribution in [3.05, 3.63) is 53.6 Å². The highest BCUT2D eigenvalue weighted by molar-refractivity contribution is 5.94. The highest BCUT2D eigenvalue weighted by Gasteiger charge is 2.11. The second kappa shape index (κ2) is 9.03. The molecule has 0 heterocycles. The predicted octanol–water partition coefficient (Wildman–Crippen LogP) is 3.92. The van der Waals surface area contributed by atoms with E-state index in [0.717, 1.165) is 18.3 Å². The zero-order valence-electron chi connectivity index (χ0n) is 13.0. The van der Waals surface area contributed by atoms with Crippen LogP contribution in [-0.4, -0.2) is 26.2 Å². The Balaban J connectivity index is 3.31. The summed E-state index contributed by atoms with van der Waals surface area (Å²) >= 11 is 0. The molecule has 0 aliphatic heterocycles. The highest BCUT2D eigenvalue weighted by Crippen LogP contribution is 2.23. The molecule has 0 aromatic heterocycles. The van der Waals surface area contributed by atoms with Crippen molar-refractivity contribution >= 4 is 18.2 Å². The van der Waals surface area contributed by atoms with E-state index in [-0.39, 0.29) is 0 Å². The van der Waals surface area contributed by atoms with Gasteiger partial charge in [0, 0.05) is 24.5 Å². The van der Waals surface area contributed by atoms with Gasteiger partial charge in [0.2, 0.25) is 0 Å². The van der Waals surface area contributed by atoms with Crippen molar-refractivity contribution in [1.82, 2.24) is 0 Å². The van der Waals surface area contributed by atoms with Crippen LogP contribution in [0.4, 0.5) is 0 Å². The largest absolute Gasteiger partial charge is 0.380 e. The Hall–Kier alpha value is -2.00. The molecule has 0 spiro atoms. The number of nitrogens with zero attached hydrogens (tertiary/aromatic N) is 1. The summed E-state index contributed by atoms with van der Waals surface area (Å²) in [6.45, 7) is 8.43. The number of aldehydes is 1. The third-order valence-corrected chi connectivity index (χ3v) is 3.22. The van der Waals surface area contributed by atoms with Gasteiger partial charge in [0.1, 0.15) is 0 Å². The summed E-state index contributed by atoms with van der Waals surface area (Å²) in [5.41, 5.74) is 2.67. The van der Waals surface area contributed by atoms with Gasteiger partial charge in [-0.2, -0.15) is 0 Å². The van der Waals surface area contributed by atoms with Crippen LogP contribution < -0.4 is 0 Å². The Labute approximate surface area is 127 Å². The summed E-state index contributed by atoms with van der Waals surface area (Å²) in [5.74, 6) is 0.354. The van der Waals surface area contributed by atoms with E-state index < -0.39 is 0 Å². The van der Waals surface area contributed by atoms with Crippen molar-refractivity contribution in [1.29, 1.82) is 0 Å². The Morgan fingerprint density at radius 2 is 2.05 bits per heavy atom. The molecule has 1 aromatic carbocycles. The second-order valence-electron chi connectivity index (χ2n) is 4.95. The van der Waals surface area contributed by atoms with Crippen LogP contribution in [0.1, 0.15) is 25.8 Å². The minimum absolute atomic E-state index is 0.309. The predicted molar refractivity (Wildman–Crippen MR) is 88.4 cm³/mol. The Morgan fingerprint density at radius 1 is 1.38 bits per heavy atom. The molecule has 21 heavy (non-hydrogen) atoms. The van der Waals surface area contributed by atoms with Crippen LogP contribution in [0, 0.1) is 5.92 Å². The van der Waals surface area contributed by atoms with E-state index in [9.17, 15) is 4.79 Å². The van der Waals surface area contributed by atoms with Crippen LogP contribution in [0.25, 0.3) is 5.70 Å². The Bertz CT molecular complexity index is 529. The number of aliphatic imine (C=N–C) groups is 1. The molecule has 1 rings (SSSR count). The molecule has 1 atom stereocenters. The summed E-state index contributed by atoms with van der Waals surface area (Å²) in [5, 5.41) is 0. The Morgan fingerprint density at radius 3 is 2.57 bits per heavy atom. The van der Waals surface area contributed by atoms with Gasteiger partial charge in [-0.05, 0) is 17.9 Å². The van der Waals surface area contributed by atoms with Crippen LogP contribution in [-0.2, 0) is 9.53 Å². The minimum Gasteiger partial charge on any atom is -0.380 e.